The molecule has 0 saturated carbocycles. The number of rotatable bonds is 8. The van der Waals surface area contributed by atoms with E-state index in [2.05, 4.69) is 23.3 Å². The molecule has 0 heterocycles. The number of thiol groups is 1. The summed E-state index contributed by atoms with van der Waals surface area (Å²) in [5.41, 5.74) is 5.45. The summed E-state index contributed by atoms with van der Waals surface area (Å²) in [5, 5.41) is 13.8. The van der Waals surface area contributed by atoms with E-state index >= 15 is 0 Å². The maximum atomic E-state index is 12.1. The van der Waals surface area contributed by atoms with Crippen molar-refractivity contribution in [2.75, 3.05) is 5.75 Å². The van der Waals surface area contributed by atoms with E-state index in [1.165, 1.54) is 6.92 Å². The van der Waals surface area contributed by atoms with E-state index in [4.69, 9.17) is 10.8 Å². The molecule has 5 N–H and O–H groups in total. The molecule has 0 bridgehead atoms. The van der Waals surface area contributed by atoms with Gasteiger partial charge >= 0.3 is 5.97 Å². The molecule has 116 valence electrons. The molecule has 8 heteroatoms. The van der Waals surface area contributed by atoms with Crippen LogP contribution in [0.1, 0.15) is 27.2 Å². The normalized spacial score (nSPS) is 16.6. The smallest absolute Gasteiger partial charge is 0.327 e. The Balaban J connectivity index is 4.90. The molecule has 20 heavy (non-hydrogen) atoms. The summed E-state index contributed by atoms with van der Waals surface area (Å²) in [7, 11) is 0. The second kappa shape index (κ2) is 8.80. The van der Waals surface area contributed by atoms with Crippen molar-refractivity contribution in [3.63, 3.8) is 0 Å². The van der Waals surface area contributed by atoms with Crippen molar-refractivity contribution in [1.29, 1.82) is 0 Å². The first-order valence-corrected chi connectivity index (χ1v) is 7.07. The molecule has 0 aliphatic rings. The number of carbonyl (C=O) groups excluding carboxylic acids is 2. The quantitative estimate of drug-likeness (QED) is 0.382. The molecule has 2 amide bonds. The number of nitrogens with two attached hydrogens (primary N) is 1. The van der Waals surface area contributed by atoms with Gasteiger partial charge in [0, 0.05) is 5.75 Å². The van der Waals surface area contributed by atoms with E-state index in [1.54, 1.807) is 6.92 Å². The maximum absolute atomic E-state index is 12.1. The largest absolute Gasteiger partial charge is 0.480 e. The van der Waals surface area contributed by atoms with E-state index in [1.807, 2.05) is 6.92 Å². The summed E-state index contributed by atoms with van der Waals surface area (Å²) in [5.74, 6) is -2.35. The molecule has 0 rings (SSSR count). The minimum atomic E-state index is -1.17. The Labute approximate surface area is 124 Å². The Morgan fingerprint density at radius 1 is 1.20 bits per heavy atom. The van der Waals surface area contributed by atoms with Crippen molar-refractivity contribution in [2.45, 2.75) is 45.3 Å². The molecular formula is C12H23N3O4S. The summed E-state index contributed by atoms with van der Waals surface area (Å²) in [6.45, 7) is 5.17. The highest BCUT2D eigenvalue weighted by atomic mass is 32.1. The third-order valence-corrected chi connectivity index (χ3v) is 3.37. The van der Waals surface area contributed by atoms with Crippen molar-refractivity contribution in [3.8, 4) is 0 Å². The lowest BCUT2D eigenvalue weighted by Gasteiger charge is -2.25. The lowest BCUT2D eigenvalue weighted by atomic mass is 9.97. The number of hydrogen-bond donors (Lipinski definition) is 5. The van der Waals surface area contributed by atoms with Gasteiger partial charge in [0.1, 0.15) is 12.1 Å². The van der Waals surface area contributed by atoms with Gasteiger partial charge in [-0.25, -0.2) is 4.79 Å². The second-order valence-corrected chi connectivity index (χ2v) is 5.11. The van der Waals surface area contributed by atoms with Crippen LogP contribution in [0, 0.1) is 5.92 Å². The predicted octanol–water partition coefficient (Wildman–Crippen LogP) is -0.636. The van der Waals surface area contributed by atoms with Crippen LogP contribution in [0.4, 0.5) is 0 Å². The van der Waals surface area contributed by atoms with Gasteiger partial charge in [0.25, 0.3) is 0 Å². The maximum Gasteiger partial charge on any atom is 0.327 e. The summed E-state index contributed by atoms with van der Waals surface area (Å²) < 4.78 is 0. The zero-order chi connectivity index (χ0) is 15.9. The predicted molar refractivity (Wildman–Crippen MR) is 78.5 cm³/mol. The number of aliphatic carboxylic acids is 1. The van der Waals surface area contributed by atoms with Gasteiger partial charge in [-0.05, 0) is 12.8 Å². The van der Waals surface area contributed by atoms with Gasteiger partial charge in [-0.2, -0.15) is 12.6 Å². The number of carbonyl (C=O) groups is 3. The first-order chi connectivity index (χ1) is 9.24. The summed E-state index contributed by atoms with van der Waals surface area (Å²) >= 11 is 3.87. The molecular weight excluding hydrogens is 282 g/mol. The number of carboxylic acids is 1. The van der Waals surface area contributed by atoms with Gasteiger partial charge in [-0.1, -0.05) is 20.3 Å². The topological polar surface area (TPSA) is 122 Å². The Kier molecular flexibility index (Phi) is 8.24. The van der Waals surface area contributed by atoms with Crippen LogP contribution >= 0.6 is 12.6 Å². The van der Waals surface area contributed by atoms with Gasteiger partial charge in [-0.3, -0.25) is 9.59 Å². The first kappa shape index (κ1) is 18.7. The molecule has 0 aromatic heterocycles. The molecule has 0 aromatic rings. The Morgan fingerprint density at radius 2 is 1.75 bits per heavy atom. The molecule has 0 radical (unpaired) electrons. The molecule has 7 nitrogen and oxygen atoms in total. The van der Waals surface area contributed by atoms with Crippen LogP contribution in [0.15, 0.2) is 0 Å². The fourth-order valence-electron chi connectivity index (χ4n) is 1.43. The fourth-order valence-corrected chi connectivity index (χ4v) is 1.68. The van der Waals surface area contributed by atoms with Crippen LogP contribution in [0.3, 0.4) is 0 Å². The van der Waals surface area contributed by atoms with Crippen LogP contribution in [-0.2, 0) is 14.4 Å². The Morgan fingerprint density at radius 3 is 2.10 bits per heavy atom. The molecule has 0 unspecified atom stereocenters. The van der Waals surface area contributed by atoms with Crippen molar-refractivity contribution in [3.05, 3.63) is 0 Å². The summed E-state index contributed by atoms with van der Waals surface area (Å²) in [6, 6.07) is -2.65. The van der Waals surface area contributed by atoms with Crippen LogP contribution in [0.25, 0.3) is 0 Å². The molecule has 0 spiro atoms. The zero-order valence-electron chi connectivity index (χ0n) is 11.9. The average molecular weight is 305 g/mol. The molecule has 0 fully saturated rings. The van der Waals surface area contributed by atoms with E-state index in [9.17, 15) is 14.4 Å². The van der Waals surface area contributed by atoms with Crippen LogP contribution in [-0.4, -0.2) is 46.8 Å². The Hall–Kier alpha value is -1.28. The van der Waals surface area contributed by atoms with E-state index in [0.29, 0.717) is 6.42 Å². The monoisotopic (exact) mass is 305 g/mol. The highest BCUT2D eigenvalue weighted by Crippen LogP contribution is 2.09. The van der Waals surface area contributed by atoms with Gasteiger partial charge in [0.05, 0.1) is 6.04 Å². The first-order valence-electron chi connectivity index (χ1n) is 6.44. The van der Waals surface area contributed by atoms with Crippen molar-refractivity contribution in [2.24, 2.45) is 11.7 Å². The van der Waals surface area contributed by atoms with Gasteiger partial charge < -0.3 is 21.5 Å². The van der Waals surface area contributed by atoms with Crippen molar-refractivity contribution >= 4 is 30.4 Å². The van der Waals surface area contributed by atoms with Crippen LogP contribution in [0.2, 0.25) is 0 Å². The fraction of sp³-hybridized carbons (Fsp3) is 0.750. The Bertz CT molecular complexity index is 363. The zero-order valence-corrected chi connectivity index (χ0v) is 12.8. The molecule has 0 saturated heterocycles. The van der Waals surface area contributed by atoms with E-state index in [0.717, 1.165) is 0 Å². The summed E-state index contributed by atoms with van der Waals surface area (Å²) in [4.78, 5) is 34.6. The number of hydrogen-bond acceptors (Lipinski definition) is 5. The lowest BCUT2D eigenvalue weighted by molar-refractivity contribution is -0.141. The number of amides is 2. The minimum absolute atomic E-state index is 0.0322. The molecule has 0 aliphatic carbocycles. The van der Waals surface area contributed by atoms with E-state index < -0.39 is 35.9 Å². The highest BCUT2D eigenvalue weighted by Gasteiger charge is 2.29. The van der Waals surface area contributed by atoms with Crippen LogP contribution < -0.4 is 16.4 Å². The SMILES string of the molecule is CC[C@H](C)[C@H](NC(=O)[C@H](C)N)C(=O)N[C@@H](CS)C(=O)O. The molecule has 0 aromatic carbocycles. The standard InChI is InChI=1S/C12H23N3O4S/c1-4-6(2)9(15-10(16)7(3)13)11(17)14-8(5-20)12(18)19/h6-9,20H,4-5,13H2,1-3H3,(H,14,17)(H,15,16)(H,18,19)/t6-,7-,8-,9-/m0/s1. The number of carboxylic acid groups (broad SMARTS) is 1. The molecule has 0 aliphatic heterocycles. The second-order valence-electron chi connectivity index (χ2n) is 4.74. The number of nitrogens with one attached hydrogen (secondary N) is 2. The molecule has 4 atom stereocenters. The summed E-state index contributed by atoms with van der Waals surface area (Å²) in [6.07, 6.45) is 0.649. The lowest BCUT2D eigenvalue weighted by Crippen LogP contribution is -2.56. The van der Waals surface area contributed by atoms with Crippen molar-refractivity contribution in [1.82, 2.24) is 10.6 Å². The van der Waals surface area contributed by atoms with Crippen molar-refractivity contribution < 1.29 is 19.5 Å². The average Bonchev–Trinajstić information content (AvgIpc) is 2.39. The third kappa shape index (κ3) is 5.79. The van der Waals surface area contributed by atoms with Gasteiger partial charge in [-0.15, -0.1) is 0 Å². The third-order valence-electron chi connectivity index (χ3n) is 3.00. The van der Waals surface area contributed by atoms with Gasteiger partial charge in [0.2, 0.25) is 11.8 Å². The van der Waals surface area contributed by atoms with Crippen LogP contribution in [0.5, 0.6) is 0 Å². The highest BCUT2D eigenvalue weighted by molar-refractivity contribution is 7.80. The van der Waals surface area contributed by atoms with E-state index in [-0.39, 0.29) is 11.7 Å². The minimum Gasteiger partial charge on any atom is -0.480 e. The van der Waals surface area contributed by atoms with Gasteiger partial charge in [0.15, 0.2) is 0 Å².